The van der Waals surface area contributed by atoms with Crippen LogP contribution in [0.4, 0.5) is 0 Å². The topological polar surface area (TPSA) is 90.3 Å². The Kier molecular flexibility index (Phi) is 6.28. The summed E-state index contributed by atoms with van der Waals surface area (Å²) in [6.45, 7) is 0.340. The van der Waals surface area contributed by atoms with Crippen molar-refractivity contribution in [3.8, 4) is 17.0 Å². The van der Waals surface area contributed by atoms with Gasteiger partial charge in [-0.2, -0.15) is 5.10 Å². The maximum Gasteiger partial charge on any atom is 0.266 e. The van der Waals surface area contributed by atoms with Crippen LogP contribution < -0.4 is 15.0 Å². The maximum atomic E-state index is 12.4. The molecule has 0 spiro atoms. The van der Waals surface area contributed by atoms with Crippen molar-refractivity contribution in [2.75, 3.05) is 13.7 Å². The van der Waals surface area contributed by atoms with Crippen molar-refractivity contribution in [1.29, 1.82) is 0 Å². The van der Waals surface area contributed by atoms with Crippen LogP contribution in [0.5, 0.6) is 5.75 Å². The quantitative estimate of drug-likeness (QED) is 0.781. The van der Waals surface area contributed by atoms with Crippen molar-refractivity contribution < 1.29 is 13.2 Å². The van der Waals surface area contributed by atoms with Gasteiger partial charge in [-0.25, -0.2) is 17.8 Å². The van der Waals surface area contributed by atoms with E-state index in [2.05, 4.69) is 9.82 Å². The van der Waals surface area contributed by atoms with Crippen LogP contribution in [-0.4, -0.2) is 37.1 Å². The normalized spacial score (nSPS) is 15.6. The zero-order valence-electron chi connectivity index (χ0n) is 15.4. The summed E-state index contributed by atoms with van der Waals surface area (Å²) in [6.07, 6.45) is 4.43. The van der Waals surface area contributed by atoms with E-state index >= 15 is 0 Å². The first-order valence-electron chi connectivity index (χ1n) is 9.21. The fourth-order valence-electron chi connectivity index (χ4n) is 3.31. The molecule has 0 amide bonds. The Hall–Kier alpha value is -2.19. The van der Waals surface area contributed by atoms with Gasteiger partial charge in [-0.1, -0.05) is 19.3 Å². The van der Waals surface area contributed by atoms with Crippen LogP contribution in [0.3, 0.4) is 0 Å². The minimum Gasteiger partial charge on any atom is -0.497 e. The second kappa shape index (κ2) is 8.67. The lowest BCUT2D eigenvalue weighted by Gasteiger charge is -2.22. The molecule has 146 valence electrons. The number of benzene rings is 1. The lowest BCUT2D eigenvalue weighted by molar-refractivity contribution is 0.415. The average molecular weight is 391 g/mol. The zero-order valence-corrected chi connectivity index (χ0v) is 16.2. The molecule has 1 aromatic heterocycles. The van der Waals surface area contributed by atoms with Crippen molar-refractivity contribution in [2.24, 2.45) is 0 Å². The van der Waals surface area contributed by atoms with Crippen molar-refractivity contribution in [2.45, 2.75) is 43.9 Å². The van der Waals surface area contributed by atoms with E-state index in [1.54, 1.807) is 13.2 Å². The molecule has 1 fully saturated rings. The van der Waals surface area contributed by atoms with Gasteiger partial charge in [0.25, 0.3) is 5.56 Å². The lowest BCUT2D eigenvalue weighted by atomic mass is 10.0. The van der Waals surface area contributed by atoms with Crippen LogP contribution >= 0.6 is 0 Å². The molecule has 0 bridgehead atoms. The van der Waals surface area contributed by atoms with E-state index in [0.29, 0.717) is 18.5 Å². The summed E-state index contributed by atoms with van der Waals surface area (Å²) < 4.78 is 33.8. The molecule has 7 nitrogen and oxygen atoms in total. The monoisotopic (exact) mass is 391 g/mol. The second-order valence-corrected chi connectivity index (χ2v) is 8.75. The Morgan fingerprint density at radius 3 is 2.48 bits per heavy atom. The molecule has 1 aromatic carbocycles. The molecule has 2 aromatic rings. The first-order valence-corrected chi connectivity index (χ1v) is 10.8. The van der Waals surface area contributed by atoms with Crippen molar-refractivity contribution in [1.82, 2.24) is 14.5 Å². The molecule has 8 heteroatoms. The Labute approximate surface area is 159 Å². The van der Waals surface area contributed by atoms with E-state index in [-0.39, 0.29) is 23.9 Å². The fourth-order valence-corrected chi connectivity index (χ4v) is 4.88. The smallest absolute Gasteiger partial charge is 0.266 e. The zero-order chi connectivity index (χ0) is 19.3. The third-order valence-corrected chi connectivity index (χ3v) is 6.83. The third-order valence-electron chi connectivity index (χ3n) is 4.87. The molecular weight excluding hydrogens is 366 g/mol. The molecule has 0 radical (unpaired) electrons. The van der Waals surface area contributed by atoms with Crippen LogP contribution in [0.25, 0.3) is 11.3 Å². The molecule has 1 heterocycles. The van der Waals surface area contributed by atoms with Crippen LogP contribution in [0.15, 0.2) is 41.2 Å². The van der Waals surface area contributed by atoms with Crippen molar-refractivity contribution in [3.05, 3.63) is 46.8 Å². The summed E-state index contributed by atoms with van der Waals surface area (Å²) in [4.78, 5) is 12.1. The van der Waals surface area contributed by atoms with Crippen LogP contribution in [-0.2, 0) is 16.6 Å². The van der Waals surface area contributed by atoms with Gasteiger partial charge in [0.1, 0.15) is 5.75 Å². The molecular formula is C19H25N3O4S. The predicted molar refractivity (Wildman–Crippen MR) is 104 cm³/mol. The number of aromatic nitrogens is 2. The van der Waals surface area contributed by atoms with E-state index in [1.807, 2.05) is 24.3 Å². The van der Waals surface area contributed by atoms with Crippen molar-refractivity contribution >= 4 is 10.0 Å². The lowest BCUT2D eigenvalue weighted by Crippen LogP contribution is -2.38. The molecule has 1 aliphatic carbocycles. The highest BCUT2D eigenvalue weighted by Gasteiger charge is 2.26. The van der Waals surface area contributed by atoms with Gasteiger partial charge in [-0.05, 0) is 43.2 Å². The maximum absolute atomic E-state index is 12.4. The number of ether oxygens (including phenoxy) is 1. The minimum absolute atomic E-state index is 0.151. The number of rotatable bonds is 7. The SMILES string of the molecule is COc1ccc(-c2ccc(=O)n(CCNS(=O)(=O)C3CCCCC3)n2)cc1. The van der Waals surface area contributed by atoms with Gasteiger partial charge in [0, 0.05) is 18.2 Å². The van der Waals surface area contributed by atoms with Crippen LogP contribution in [0.1, 0.15) is 32.1 Å². The van der Waals surface area contributed by atoms with Crippen LogP contribution in [0, 0.1) is 0 Å². The summed E-state index contributed by atoms with van der Waals surface area (Å²) in [5.74, 6) is 0.740. The van der Waals surface area contributed by atoms with E-state index in [0.717, 1.165) is 30.6 Å². The molecule has 0 unspecified atom stereocenters. The van der Waals surface area contributed by atoms with Gasteiger partial charge in [0.2, 0.25) is 10.0 Å². The van der Waals surface area contributed by atoms with Gasteiger partial charge in [-0.3, -0.25) is 4.79 Å². The number of nitrogens with one attached hydrogen (secondary N) is 1. The predicted octanol–water partition coefficient (Wildman–Crippen LogP) is 2.17. The molecule has 0 aliphatic heterocycles. The summed E-state index contributed by atoms with van der Waals surface area (Å²) >= 11 is 0. The summed E-state index contributed by atoms with van der Waals surface area (Å²) in [5.41, 5.74) is 1.24. The van der Waals surface area contributed by atoms with E-state index < -0.39 is 10.0 Å². The van der Waals surface area contributed by atoms with E-state index in [9.17, 15) is 13.2 Å². The number of hydrogen-bond donors (Lipinski definition) is 1. The Morgan fingerprint density at radius 2 is 1.81 bits per heavy atom. The molecule has 0 atom stereocenters. The first-order chi connectivity index (χ1) is 13.0. The summed E-state index contributed by atoms with van der Waals surface area (Å²) in [7, 11) is -1.74. The van der Waals surface area contributed by atoms with Gasteiger partial charge in [0.15, 0.2) is 0 Å². The summed E-state index contributed by atoms with van der Waals surface area (Å²) in [5, 5.41) is 4.04. The highest BCUT2D eigenvalue weighted by atomic mass is 32.2. The molecule has 3 rings (SSSR count). The largest absolute Gasteiger partial charge is 0.497 e. The summed E-state index contributed by atoms with van der Waals surface area (Å²) in [6, 6.07) is 10.5. The standard InChI is InChI=1S/C19H25N3O4S/c1-26-16-9-7-15(8-10-16)18-11-12-19(23)22(21-18)14-13-20-27(24,25)17-5-3-2-4-6-17/h7-12,17,20H,2-6,13-14H2,1H3. The van der Waals surface area contributed by atoms with Crippen LogP contribution in [0.2, 0.25) is 0 Å². The minimum atomic E-state index is -3.34. The van der Waals surface area contributed by atoms with E-state index in [1.165, 1.54) is 10.7 Å². The highest BCUT2D eigenvalue weighted by molar-refractivity contribution is 7.90. The number of nitrogens with zero attached hydrogens (tertiary/aromatic N) is 2. The highest BCUT2D eigenvalue weighted by Crippen LogP contribution is 2.23. The van der Waals surface area contributed by atoms with Gasteiger partial charge >= 0.3 is 0 Å². The number of sulfonamides is 1. The fraction of sp³-hybridized carbons (Fsp3) is 0.474. The first kappa shape index (κ1) is 19.6. The Bertz CT molecular complexity index is 917. The second-order valence-electron chi connectivity index (χ2n) is 6.71. The molecule has 0 saturated heterocycles. The van der Waals surface area contributed by atoms with Crippen molar-refractivity contribution in [3.63, 3.8) is 0 Å². The number of methoxy groups -OCH3 is 1. The van der Waals surface area contributed by atoms with Gasteiger partial charge in [-0.15, -0.1) is 0 Å². The molecule has 1 saturated carbocycles. The molecule has 27 heavy (non-hydrogen) atoms. The van der Waals surface area contributed by atoms with E-state index in [4.69, 9.17) is 4.74 Å². The average Bonchev–Trinajstić information content (AvgIpc) is 2.70. The molecule has 1 aliphatic rings. The molecule has 1 N–H and O–H groups in total. The van der Waals surface area contributed by atoms with Gasteiger partial charge < -0.3 is 4.74 Å². The Balaban J connectivity index is 1.66. The Morgan fingerprint density at radius 1 is 1.11 bits per heavy atom. The number of hydrogen-bond acceptors (Lipinski definition) is 5. The van der Waals surface area contributed by atoms with Gasteiger partial charge in [0.05, 0.1) is 24.6 Å². The third kappa shape index (κ3) is 4.95.